The average Bonchev–Trinajstić information content (AvgIpc) is 3.17. The fourth-order valence-electron chi connectivity index (χ4n) is 5.09. The van der Waals surface area contributed by atoms with Gasteiger partial charge in [0, 0.05) is 12.8 Å². The van der Waals surface area contributed by atoms with Gasteiger partial charge in [-0.2, -0.15) is 0 Å². The third kappa shape index (κ3) is 5.71. The van der Waals surface area contributed by atoms with Gasteiger partial charge in [-0.05, 0) is 31.4 Å². The summed E-state index contributed by atoms with van der Waals surface area (Å²) in [5.74, 6) is -1.13. The van der Waals surface area contributed by atoms with E-state index in [9.17, 15) is 9.90 Å². The number of ether oxygens (including phenoxy) is 4. The molecule has 6 atom stereocenters. The van der Waals surface area contributed by atoms with Crippen molar-refractivity contribution < 1.29 is 28.8 Å². The molecule has 0 aromatic heterocycles. The predicted molar refractivity (Wildman–Crippen MR) is 133 cm³/mol. The summed E-state index contributed by atoms with van der Waals surface area (Å²) in [6.07, 6.45) is 5.15. The van der Waals surface area contributed by atoms with Gasteiger partial charge < -0.3 is 24.1 Å². The first-order chi connectivity index (χ1) is 16.2. The van der Waals surface area contributed by atoms with Crippen LogP contribution in [0, 0.1) is 0 Å². The van der Waals surface area contributed by atoms with Crippen LogP contribution in [0.2, 0.25) is 19.6 Å². The van der Waals surface area contributed by atoms with Crippen LogP contribution in [-0.2, 0) is 18.9 Å². The quantitative estimate of drug-likeness (QED) is 0.339. The molecule has 4 rings (SSSR count). The minimum atomic E-state index is -1.51. The lowest BCUT2D eigenvalue weighted by molar-refractivity contribution is -0.207. The molecule has 34 heavy (non-hydrogen) atoms. The van der Waals surface area contributed by atoms with E-state index in [1.54, 1.807) is 30.3 Å². The Kier molecular flexibility index (Phi) is 7.79. The Morgan fingerprint density at radius 3 is 2.50 bits per heavy atom. The van der Waals surface area contributed by atoms with Crippen molar-refractivity contribution in [3.05, 3.63) is 60.3 Å². The lowest BCUT2D eigenvalue weighted by Gasteiger charge is -2.42. The number of carbonyl (C=O) groups is 1. The SMILES string of the molecule is C=CCC1O[C@@H](C(O)/C=C/[Si](C)(C)C)C2OC3(CCCCC3)O[C@H]2C1OC(=O)c1ccccc1. The maximum Gasteiger partial charge on any atom is 0.338 e. The van der Waals surface area contributed by atoms with E-state index in [0.29, 0.717) is 12.0 Å². The number of rotatable bonds is 7. The fraction of sp³-hybridized carbons (Fsp3) is 0.593. The lowest BCUT2D eigenvalue weighted by Crippen LogP contribution is -2.60. The van der Waals surface area contributed by atoms with Crippen molar-refractivity contribution in [2.75, 3.05) is 0 Å². The number of fused-ring (bicyclic) bond motifs is 1. The molecule has 0 bridgehead atoms. The van der Waals surface area contributed by atoms with E-state index in [0.717, 1.165) is 32.1 Å². The van der Waals surface area contributed by atoms with E-state index in [4.69, 9.17) is 18.9 Å². The molecule has 2 aliphatic heterocycles. The van der Waals surface area contributed by atoms with Gasteiger partial charge in [0.2, 0.25) is 0 Å². The van der Waals surface area contributed by atoms with Crippen molar-refractivity contribution in [3.8, 4) is 0 Å². The minimum absolute atomic E-state index is 0.423. The Bertz CT molecular complexity index is 873. The molecule has 3 aliphatic rings. The third-order valence-corrected chi connectivity index (χ3v) is 7.96. The van der Waals surface area contributed by atoms with Crippen LogP contribution >= 0.6 is 0 Å². The van der Waals surface area contributed by atoms with E-state index in [1.165, 1.54) is 0 Å². The summed E-state index contributed by atoms with van der Waals surface area (Å²) < 4.78 is 25.6. The van der Waals surface area contributed by atoms with Crippen LogP contribution in [0.25, 0.3) is 0 Å². The van der Waals surface area contributed by atoms with Gasteiger partial charge in [-0.1, -0.05) is 62.1 Å². The monoisotopic (exact) mass is 486 g/mol. The number of esters is 1. The molecule has 1 spiro atoms. The molecular formula is C27H38O6Si. The Morgan fingerprint density at radius 2 is 1.85 bits per heavy atom. The Morgan fingerprint density at radius 1 is 1.18 bits per heavy atom. The molecule has 1 aliphatic carbocycles. The largest absolute Gasteiger partial charge is 0.453 e. The summed E-state index contributed by atoms with van der Waals surface area (Å²) in [6, 6.07) is 8.93. The molecular weight excluding hydrogens is 448 g/mol. The number of aliphatic hydroxyl groups is 1. The zero-order chi connectivity index (χ0) is 24.3. The molecule has 2 heterocycles. The summed E-state index contributed by atoms with van der Waals surface area (Å²) >= 11 is 0. The highest BCUT2D eigenvalue weighted by molar-refractivity contribution is 6.80. The molecule has 2 saturated heterocycles. The summed E-state index contributed by atoms with van der Waals surface area (Å²) in [5, 5.41) is 11.1. The first kappa shape index (κ1) is 25.3. The molecule has 186 valence electrons. The topological polar surface area (TPSA) is 74.2 Å². The Labute approximate surface area is 203 Å². The number of hydrogen-bond acceptors (Lipinski definition) is 6. The van der Waals surface area contributed by atoms with Crippen LogP contribution in [0.3, 0.4) is 0 Å². The van der Waals surface area contributed by atoms with Crippen LogP contribution in [0.1, 0.15) is 48.9 Å². The molecule has 1 N–H and O–H groups in total. The van der Waals surface area contributed by atoms with Crippen molar-refractivity contribution >= 4 is 14.0 Å². The molecule has 7 heteroatoms. The van der Waals surface area contributed by atoms with Crippen LogP contribution in [0.4, 0.5) is 0 Å². The van der Waals surface area contributed by atoms with Gasteiger partial charge in [0.25, 0.3) is 0 Å². The average molecular weight is 487 g/mol. The standard InChI is InChI=1S/C27H38O6Si/c1-5-12-21-23(31-26(29)19-13-8-6-9-14-19)25-24(32-27(33-25)16-10-7-11-17-27)22(30-21)20(28)15-18-34(2,3)4/h5-6,8-9,13-15,18,20-25,28H,1,7,10-12,16-17H2,2-4H3/b18-15+/t20?,21?,22-,23?,24?,25-/m0/s1. The maximum atomic E-state index is 13.0. The molecule has 1 saturated carbocycles. The van der Waals surface area contributed by atoms with Crippen LogP contribution in [-0.4, -0.2) is 61.6 Å². The van der Waals surface area contributed by atoms with E-state index in [-0.39, 0.29) is 0 Å². The molecule has 1 aromatic rings. The van der Waals surface area contributed by atoms with E-state index < -0.39 is 56.5 Å². The van der Waals surface area contributed by atoms with Gasteiger partial charge in [-0.25, -0.2) is 4.79 Å². The smallest absolute Gasteiger partial charge is 0.338 e. The lowest BCUT2D eigenvalue weighted by atomic mass is 9.90. The van der Waals surface area contributed by atoms with Gasteiger partial charge in [0.1, 0.15) is 30.5 Å². The second-order valence-electron chi connectivity index (χ2n) is 10.8. The first-order valence-electron chi connectivity index (χ1n) is 12.5. The third-order valence-electron chi connectivity index (χ3n) is 6.77. The fourth-order valence-corrected chi connectivity index (χ4v) is 5.87. The zero-order valence-electron chi connectivity index (χ0n) is 20.5. The summed E-state index contributed by atoms with van der Waals surface area (Å²) in [4.78, 5) is 13.0. The van der Waals surface area contributed by atoms with Crippen molar-refractivity contribution in [2.45, 2.75) is 101 Å². The van der Waals surface area contributed by atoms with Gasteiger partial charge in [-0.3, -0.25) is 0 Å². The molecule has 3 fully saturated rings. The number of carbonyl (C=O) groups excluding carboxylic acids is 1. The molecule has 0 radical (unpaired) electrons. The first-order valence-corrected chi connectivity index (χ1v) is 16.0. The number of aliphatic hydroxyl groups excluding tert-OH is 1. The van der Waals surface area contributed by atoms with Crippen LogP contribution in [0.5, 0.6) is 0 Å². The van der Waals surface area contributed by atoms with Crippen LogP contribution in [0.15, 0.2) is 54.8 Å². The van der Waals surface area contributed by atoms with Crippen molar-refractivity contribution in [3.63, 3.8) is 0 Å². The van der Waals surface area contributed by atoms with Gasteiger partial charge >= 0.3 is 5.97 Å². The minimum Gasteiger partial charge on any atom is -0.453 e. The second kappa shape index (κ2) is 10.5. The predicted octanol–water partition coefficient (Wildman–Crippen LogP) is 4.79. The zero-order valence-corrected chi connectivity index (χ0v) is 21.5. The molecule has 6 nitrogen and oxygen atoms in total. The molecule has 0 amide bonds. The molecule has 1 aromatic carbocycles. The highest BCUT2D eigenvalue weighted by atomic mass is 28.3. The van der Waals surface area contributed by atoms with Crippen LogP contribution < -0.4 is 0 Å². The van der Waals surface area contributed by atoms with Crippen molar-refractivity contribution in [1.82, 2.24) is 0 Å². The maximum absolute atomic E-state index is 13.0. The van der Waals surface area contributed by atoms with Gasteiger partial charge in [-0.15, -0.1) is 6.58 Å². The Hall–Kier alpha value is -1.77. The van der Waals surface area contributed by atoms with E-state index in [2.05, 4.69) is 31.9 Å². The van der Waals surface area contributed by atoms with E-state index in [1.807, 2.05) is 12.1 Å². The number of benzene rings is 1. The van der Waals surface area contributed by atoms with Gasteiger partial charge in [0.05, 0.1) is 13.6 Å². The normalized spacial score (nSPS) is 31.8. The highest BCUT2D eigenvalue weighted by Crippen LogP contribution is 2.46. The second-order valence-corrected chi connectivity index (χ2v) is 15.8. The van der Waals surface area contributed by atoms with E-state index >= 15 is 0 Å². The van der Waals surface area contributed by atoms with Gasteiger partial charge in [0.15, 0.2) is 11.9 Å². The Balaban J connectivity index is 1.63. The molecule has 4 unspecified atom stereocenters. The summed E-state index contributed by atoms with van der Waals surface area (Å²) in [5.41, 5.74) is 2.59. The van der Waals surface area contributed by atoms with Crippen molar-refractivity contribution in [2.24, 2.45) is 0 Å². The van der Waals surface area contributed by atoms with Crippen molar-refractivity contribution in [1.29, 1.82) is 0 Å². The summed E-state index contributed by atoms with van der Waals surface area (Å²) in [6.45, 7) is 10.5. The summed E-state index contributed by atoms with van der Waals surface area (Å²) in [7, 11) is -1.51. The highest BCUT2D eigenvalue weighted by Gasteiger charge is 2.60. The number of hydrogen-bond donors (Lipinski definition) is 1.